The Balaban J connectivity index is 1.53. The van der Waals surface area contributed by atoms with Crippen LogP contribution in [0.25, 0.3) is 0 Å². The molecular weight excluding hydrogens is 420 g/mol. The molecule has 3 aromatic rings. The highest BCUT2D eigenvalue weighted by atomic mass is 35.5. The number of anilines is 2. The fourth-order valence-electron chi connectivity index (χ4n) is 5.06. The Kier molecular flexibility index (Phi) is 5.06. The van der Waals surface area contributed by atoms with Crippen molar-refractivity contribution >= 4 is 34.8 Å². The van der Waals surface area contributed by atoms with Crippen LogP contribution in [-0.2, 0) is 10.2 Å². The van der Waals surface area contributed by atoms with E-state index in [-0.39, 0.29) is 17.7 Å². The summed E-state index contributed by atoms with van der Waals surface area (Å²) in [5.74, 6) is 0.165. The van der Waals surface area contributed by atoms with Gasteiger partial charge in [-0.1, -0.05) is 54.9 Å². The van der Waals surface area contributed by atoms with Gasteiger partial charge in [0, 0.05) is 35.8 Å². The topological polar surface area (TPSA) is 40.6 Å². The van der Waals surface area contributed by atoms with Gasteiger partial charge in [0.15, 0.2) is 0 Å². The quantitative estimate of drug-likeness (QED) is 0.489. The van der Waals surface area contributed by atoms with Crippen LogP contribution in [-0.4, -0.2) is 30.3 Å². The van der Waals surface area contributed by atoms with E-state index in [2.05, 4.69) is 6.07 Å². The molecule has 1 aliphatic carbocycles. The van der Waals surface area contributed by atoms with E-state index in [4.69, 9.17) is 11.6 Å². The predicted molar refractivity (Wildman–Crippen MR) is 128 cm³/mol. The number of hydrogen-bond acceptors (Lipinski definition) is 2. The zero-order valence-electron chi connectivity index (χ0n) is 18.2. The number of fused-ring (bicyclic) bond motifs is 2. The molecule has 5 rings (SSSR count). The normalized spacial score (nSPS) is 21.0. The highest BCUT2D eigenvalue weighted by molar-refractivity contribution is 6.30. The molecule has 5 heteroatoms. The lowest BCUT2D eigenvalue weighted by Gasteiger charge is -2.21. The molecule has 1 saturated carbocycles. The summed E-state index contributed by atoms with van der Waals surface area (Å²) in [6, 6.07) is 23.2. The molecule has 32 heavy (non-hydrogen) atoms. The van der Waals surface area contributed by atoms with E-state index in [1.165, 1.54) is 0 Å². The second kappa shape index (κ2) is 7.79. The van der Waals surface area contributed by atoms with E-state index in [0.717, 1.165) is 35.3 Å². The number of halogens is 1. The molecule has 0 N–H and O–H groups in total. The van der Waals surface area contributed by atoms with Crippen molar-refractivity contribution in [3.05, 3.63) is 94.5 Å². The van der Waals surface area contributed by atoms with Crippen LogP contribution in [0.4, 0.5) is 11.4 Å². The molecule has 1 spiro atoms. The lowest BCUT2D eigenvalue weighted by Crippen LogP contribution is -2.30. The second-order valence-corrected chi connectivity index (χ2v) is 9.15. The zero-order valence-corrected chi connectivity index (χ0v) is 19.0. The van der Waals surface area contributed by atoms with Crippen LogP contribution in [0.5, 0.6) is 0 Å². The number of benzene rings is 3. The van der Waals surface area contributed by atoms with Crippen LogP contribution in [0.1, 0.15) is 47.2 Å². The van der Waals surface area contributed by atoms with Crippen molar-refractivity contribution in [3.63, 3.8) is 0 Å². The summed E-state index contributed by atoms with van der Waals surface area (Å²) < 4.78 is 0. The SMILES string of the molecule is CCCN(C)C(=O)c1cccc(N2C(=O)[C@]3(C[C@H]3c3ccc(Cl)cc3)c3ccccc32)c1. The maximum Gasteiger partial charge on any atom is 0.253 e. The number of nitrogens with zero attached hydrogens (tertiary/aromatic N) is 2. The van der Waals surface area contributed by atoms with Crippen LogP contribution in [0.15, 0.2) is 72.8 Å². The number of hydrogen-bond donors (Lipinski definition) is 0. The molecule has 2 atom stereocenters. The first-order chi connectivity index (χ1) is 15.5. The minimum Gasteiger partial charge on any atom is -0.342 e. The Labute approximate surface area is 193 Å². The minimum absolute atomic E-state index is 0.0335. The van der Waals surface area contributed by atoms with Crippen molar-refractivity contribution in [2.24, 2.45) is 0 Å². The maximum absolute atomic E-state index is 13.9. The third kappa shape index (κ3) is 3.13. The lowest BCUT2D eigenvalue weighted by molar-refractivity contribution is -0.119. The molecule has 0 radical (unpaired) electrons. The van der Waals surface area contributed by atoms with E-state index in [1.54, 1.807) is 9.80 Å². The summed E-state index contributed by atoms with van der Waals surface area (Å²) >= 11 is 6.08. The molecule has 1 fully saturated rings. The summed E-state index contributed by atoms with van der Waals surface area (Å²) in [7, 11) is 1.81. The first-order valence-electron chi connectivity index (χ1n) is 11.0. The summed E-state index contributed by atoms with van der Waals surface area (Å²) in [5, 5.41) is 0.692. The molecule has 0 bridgehead atoms. The Bertz CT molecular complexity index is 1210. The van der Waals surface area contributed by atoms with Crippen LogP contribution in [0.3, 0.4) is 0 Å². The van der Waals surface area contributed by atoms with Crippen LogP contribution in [0.2, 0.25) is 5.02 Å². The minimum atomic E-state index is -0.552. The zero-order chi connectivity index (χ0) is 22.5. The van der Waals surface area contributed by atoms with Gasteiger partial charge in [0.1, 0.15) is 0 Å². The van der Waals surface area contributed by atoms with Crippen LogP contribution >= 0.6 is 11.6 Å². The van der Waals surface area contributed by atoms with E-state index in [0.29, 0.717) is 17.1 Å². The van der Waals surface area contributed by atoms with Crippen molar-refractivity contribution in [2.45, 2.75) is 31.1 Å². The number of carbonyl (C=O) groups is 2. The van der Waals surface area contributed by atoms with Gasteiger partial charge in [-0.2, -0.15) is 0 Å². The molecule has 3 aromatic carbocycles. The van der Waals surface area contributed by atoms with Crippen LogP contribution < -0.4 is 4.90 Å². The third-order valence-corrected chi connectivity index (χ3v) is 6.95. The standard InChI is InChI=1S/C27H25ClN2O2/c1-3-15-29(2)25(31)19-7-6-8-21(16-19)30-24-10-5-4-9-22(24)27(26(30)32)17-23(27)18-11-13-20(28)14-12-18/h4-14,16,23H,3,15,17H2,1-2H3/t23-,27+/m0/s1. The van der Waals surface area contributed by atoms with Crippen molar-refractivity contribution < 1.29 is 9.59 Å². The number of rotatable bonds is 5. The summed E-state index contributed by atoms with van der Waals surface area (Å²) in [5.41, 5.74) is 3.87. The first-order valence-corrected chi connectivity index (χ1v) is 11.4. The fourth-order valence-corrected chi connectivity index (χ4v) is 5.18. The number of amides is 2. The molecule has 4 nitrogen and oxygen atoms in total. The molecule has 2 aliphatic rings. The van der Waals surface area contributed by atoms with Crippen molar-refractivity contribution in [1.29, 1.82) is 0 Å². The predicted octanol–water partition coefficient (Wildman–Crippen LogP) is 5.93. The Morgan fingerprint density at radius 1 is 1.09 bits per heavy atom. The van der Waals surface area contributed by atoms with Gasteiger partial charge in [-0.3, -0.25) is 14.5 Å². The molecule has 0 aromatic heterocycles. The highest BCUT2D eigenvalue weighted by Gasteiger charge is 2.67. The first kappa shape index (κ1) is 20.8. The number of carbonyl (C=O) groups excluding carboxylic acids is 2. The Morgan fingerprint density at radius 2 is 1.84 bits per heavy atom. The van der Waals surface area contributed by atoms with Crippen molar-refractivity contribution in [3.8, 4) is 0 Å². The molecule has 162 valence electrons. The highest BCUT2D eigenvalue weighted by Crippen LogP contribution is 2.67. The van der Waals surface area contributed by atoms with Gasteiger partial charge in [0.2, 0.25) is 5.91 Å². The van der Waals surface area contributed by atoms with E-state index >= 15 is 0 Å². The van der Waals surface area contributed by atoms with Crippen molar-refractivity contribution in [2.75, 3.05) is 18.5 Å². The van der Waals surface area contributed by atoms with Crippen molar-refractivity contribution in [1.82, 2.24) is 4.90 Å². The Hall–Kier alpha value is -3.11. The number of para-hydroxylation sites is 1. The lowest BCUT2D eigenvalue weighted by atomic mass is 9.92. The second-order valence-electron chi connectivity index (χ2n) is 8.71. The maximum atomic E-state index is 13.9. The fraction of sp³-hybridized carbons (Fsp3) is 0.259. The van der Waals surface area contributed by atoms with Gasteiger partial charge < -0.3 is 4.90 Å². The third-order valence-electron chi connectivity index (χ3n) is 6.70. The Morgan fingerprint density at radius 3 is 2.59 bits per heavy atom. The van der Waals surface area contributed by atoms with Crippen LogP contribution in [0, 0.1) is 0 Å². The molecule has 2 amide bonds. The van der Waals surface area contributed by atoms with Gasteiger partial charge in [0.05, 0.1) is 11.1 Å². The van der Waals surface area contributed by atoms with E-state index in [1.807, 2.05) is 80.7 Å². The molecule has 0 unspecified atom stereocenters. The molecular formula is C27H25ClN2O2. The monoisotopic (exact) mass is 444 g/mol. The average Bonchev–Trinajstić information content (AvgIpc) is 3.51. The van der Waals surface area contributed by atoms with E-state index in [9.17, 15) is 9.59 Å². The summed E-state index contributed by atoms with van der Waals surface area (Å²) in [4.78, 5) is 30.3. The van der Waals surface area contributed by atoms with Gasteiger partial charge in [-0.05, 0) is 60.4 Å². The smallest absolute Gasteiger partial charge is 0.253 e. The largest absolute Gasteiger partial charge is 0.342 e. The summed E-state index contributed by atoms with van der Waals surface area (Å²) in [6.45, 7) is 2.74. The van der Waals surface area contributed by atoms with E-state index < -0.39 is 5.41 Å². The summed E-state index contributed by atoms with van der Waals surface area (Å²) in [6.07, 6.45) is 1.67. The molecule has 0 saturated heterocycles. The van der Waals surface area contributed by atoms with Gasteiger partial charge >= 0.3 is 0 Å². The van der Waals surface area contributed by atoms with Gasteiger partial charge in [-0.25, -0.2) is 0 Å². The molecule has 1 heterocycles. The molecule has 1 aliphatic heterocycles. The van der Waals surface area contributed by atoms with Gasteiger partial charge in [-0.15, -0.1) is 0 Å². The average molecular weight is 445 g/mol. The van der Waals surface area contributed by atoms with Gasteiger partial charge in [0.25, 0.3) is 5.91 Å².